The van der Waals surface area contributed by atoms with Crippen molar-refractivity contribution in [2.75, 3.05) is 0 Å². The average molecular weight is 460 g/mol. The zero-order valence-corrected chi connectivity index (χ0v) is 19.5. The number of hydrogen-bond donors (Lipinski definition) is 0. The molecule has 0 aliphatic carbocycles. The van der Waals surface area contributed by atoms with Crippen LogP contribution >= 0.6 is 0 Å². The summed E-state index contributed by atoms with van der Waals surface area (Å²) in [4.78, 5) is 0. The van der Waals surface area contributed by atoms with Gasteiger partial charge in [0.1, 0.15) is 11.2 Å². The molecule has 8 rings (SSSR count). The van der Waals surface area contributed by atoms with Gasteiger partial charge in [0.15, 0.2) is 0 Å². The molecule has 0 atom stereocenters. The lowest BCUT2D eigenvalue weighted by Crippen LogP contribution is -1.93. The van der Waals surface area contributed by atoms with E-state index in [1.807, 2.05) is 6.07 Å². The van der Waals surface area contributed by atoms with Gasteiger partial charge < -0.3 is 8.98 Å². The van der Waals surface area contributed by atoms with Crippen molar-refractivity contribution in [1.82, 2.24) is 4.57 Å². The molecule has 6 aromatic carbocycles. The second-order valence-electron chi connectivity index (χ2n) is 9.41. The summed E-state index contributed by atoms with van der Waals surface area (Å²) >= 11 is 0. The molecule has 0 unspecified atom stereocenters. The van der Waals surface area contributed by atoms with Gasteiger partial charge in [-0.3, -0.25) is 0 Å². The summed E-state index contributed by atoms with van der Waals surface area (Å²) in [6.45, 7) is 0. The molecule has 0 saturated carbocycles. The van der Waals surface area contributed by atoms with E-state index < -0.39 is 0 Å². The Bertz CT molecular complexity index is 2090. The van der Waals surface area contributed by atoms with Gasteiger partial charge >= 0.3 is 0 Å². The molecular weight excluding hydrogens is 438 g/mol. The summed E-state index contributed by atoms with van der Waals surface area (Å²) in [5.74, 6) is 0. The Morgan fingerprint density at radius 3 is 2.22 bits per heavy atom. The topological polar surface area (TPSA) is 18.1 Å². The van der Waals surface area contributed by atoms with Crippen LogP contribution in [-0.2, 0) is 0 Å². The van der Waals surface area contributed by atoms with Crippen LogP contribution in [0.3, 0.4) is 0 Å². The predicted molar refractivity (Wildman–Crippen MR) is 151 cm³/mol. The Morgan fingerprint density at radius 2 is 1.31 bits per heavy atom. The molecular formula is C34H21NO. The number of furan rings is 1. The van der Waals surface area contributed by atoms with Crippen molar-refractivity contribution < 1.29 is 4.42 Å². The summed E-state index contributed by atoms with van der Waals surface area (Å²) in [6.07, 6.45) is 2.17. The van der Waals surface area contributed by atoms with Crippen molar-refractivity contribution in [3.05, 3.63) is 128 Å². The van der Waals surface area contributed by atoms with Crippen LogP contribution in [0, 0.1) is 0 Å². The fourth-order valence-electron chi connectivity index (χ4n) is 5.71. The third kappa shape index (κ3) is 2.73. The van der Waals surface area contributed by atoms with Gasteiger partial charge in [0.25, 0.3) is 0 Å². The molecule has 0 saturated heterocycles. The first-order valence-corrected chi connectivity index (χ1v) is 12.3. The van der Waals surface area contributed by atoms with Crippen LogP contribution in [0.15, 0.2) is 132 Å². The Kier molecular flexibility index (Phi) is 3.97. The van der Waals surface area contributed by atoms with Crippen molar-refractivity contribution >= 4 is 54.4 Å². The lowest BCUT2D eigenvalue weighted by Gasteiger charge is -2.13. The second-order valence-corrected chi connectivity index (χ2v) is 9.41. The van der Waals surface area contributed by atoms with Crippen LogP contribution in [0.5, 0.6) is 0 Å². The minimum atomic E-state index is 0.919. The van der Waals surface area contributed by atoms with Gasteiger partial charge in [0.05, 0.1) is 10.9 Å². The average Bonchev–Trinajstić information content (AvgIpc) is 3.54. The third-order valence-corrected chi connectivity index (χ3v) is 7.39. The molecule has 0 aliphatic heterocycles. The molecule has 168 valence electrons. The number of aromatic nitrogens is 1. The van der Waals surface area contributed by atoms with Crippen LogP contribution in [0.2, 0.25) is 0 Å². The highest BCUT2D eigenvalue weighted by molar-refractivity contribution is 6.25. The first kappa shape index (κ1) is 19.5. The predicted octanol–water partition coefficient (Wildman–Crippen LogP) is 9.50. The van der Waals surface area contributed by atoms with Crippen LogP contribution in [0.1, 0.15) is 0 Å². The highest BCUT2D eigenvalue weighted by atomic mass is 16.3. The summed E-state index contributed by atoms with van der Waals surface area (Å²) in [5, 5.41) is 8.34. The van der Waals surface area contributed by atoms with Crippen LogP contribution in [-0.4, -0.2) is 4.57 Å². The largest absolute Gasteiger partial charge is 0.455 e. The Labute approximate surface area is 207 Å². The Hall–Kier alpha value is -4.82. The van der Waals surface area contributed by atoms with Gasteiger partial charge in [0.2, 0.25) is 0 Å². The Balaban J connectivity index is 1.56. The summed E-state index contributed by atoms with van der Waals surface area (Å²) in [5.41, 5.74) is 6.60. The van der Waals surface area contributed by atoms with Crippen molar-refractivity contribution in [2.24, 2.45) is 0 Å². The number of rotatable bonds is 2. The van der Waals surface area contributed by atoms with Gasteiger partial charge in [0, 0.05) is 28.0 Å². The molecule has 0 spiro atoms. The van der Waals surface area contributed by atoms with Crippen molar-refractivity contribution in [1.29, 1.82) is 0 Å². The number of benzene rings is 6. The molecule has 0 aliphatic rings. The highest BCUT2D eigenvalue weighted by Gasteiger charge is 2.19. The molecule has 0 amide bonds. The molecule has 0 fully saturated rings. The first-order chi connectivity index (χ1) is 17.8. The molecule has 0 bridgehead atoms. The number of hydrogen-bond acceptors (Lipinski definition) is 1. The zero-order valence-electron chi connectivity index (χ0n) is 19.5. The zero-order chi connectivity index (χ0) is 23.6. The summed E-state index contributed by atoms with van der Waals surface area (Å²) in [7, 11) is 0. The van der Waals surface area contributed by atoms with E-state index in [9.17, 15) is 0 Å². The van der Waals surface area contributed by atoms with Gasteiger partial charge in [-0.2, -0.15) is 0 Å². The second kappa shape index (κ2) is 7.34. The van der Waals surface area contributed by atoms with Crippen LogP contribution in [0.25, 0.3) is 71.2 Å². The number of para-hydroxylation sites is 2. The maximum atomic E-state index is 6.58. The molecule has 2 aromatic heterocycles. The van der Waals surface area contributed by atoms with Crippen molar-refractivity contribution in [3.8, 4) is 16.8 Å². The maximum absolute atomic E-state index is 6.58. The van der Waals surface area contributed by atoms with Crippen molar-refractivity contribution in [3.63, 3.8) is 0 Å². The van der Waals surface area contributed by atoms with E-state index in [1.165, 1.54) is 38.2 Å². The quantitative estimate of drug-likeness (QED) is 0.252. The monoisotopic (exact) mass is 459 g/mol. The van der Waals surface area contributed by atoms with Gasteiger partial charge in [-0.1, -0.05) is 78.9 Å². The van der Waals surface area contributed by atoms with Gasteiger partial charge in [-0.25, -0.2) is 0 Å². The fourth-order valence-corrected chi connectivity index (χ4v) is 5.71. The van der Waals surface area contributed by atoms with Crippen LogP contribution < -0.4 is 0 Å². The SMILES string of the molecule is c1ccc(-n2ccc3cc(-c4ccc5ccccc5c4)c4ccc5c6ccccc6oc5c4c32)cc1. The smallest absolute Gasteiger partial charge is 0.145 e. The highest BCUT2D eigenvalue weighted by Crippen LogP contribution is 2.43. The minimum absolute atomic E-state index is 0.919. The van der Waals surface area contributed by atoms with E-state index >= 15 is 0 Å². The third-order valence-electron chi connectivity index (χ3n) is 7.39. The standard InChI is InChI=1S/C34H21NO/c1-2-10-26(11-3-1)35-19-18-25-21-30(24-15-14-22-8-4-5-9-23(22)20-24)28-16-17-29-27-12-6-7-13-31(27)36-34(29)32(28)33(25)35/h1-21H. The molecule has 0 N–H and O–H groups in total. The lowest BCUT2D eigenvalue weighted by atomic mass is 9.93. The number of fused-ring (bicyclic) bond motifs is 8. The van der Waals surface area contributed by atoms with Crippen LogP contribution in [0.4, 0.5) is 0 Å². The first-order valence-electron chi connectivity index (χ1n) is 12.3. The van der Waals surface area contributed by atoms with E-state index in [0.717, 1.165) is 33.0 Å². The summed E-state index contributed by atoms with van der Waals surface area (Å²) < 4.78 is 8.87. The van der Waals surface area contributed by atoms with E-state index in [2.05, 4.69) is 126 Å². The van der Waals surface area contributed by atoms with E-state index in [4.69, 9.17) is 4.42 Å². The molecule has 36 heavy (non-hydrogen) atoms. The normalized spacial score (nSPS) is 11.9. The van der Waals surface area contributed by atoms with Gasteiger partial charge in [-0.05, 0) is 69.8 Å². The molecule has 2 nitrogen and oxygen atoms in total. The molecule has 2 heterocycles. The van der Waals surface area contributed by atoms with E-state index in [-0.39, 0.29) is 0 Å². The maximum Gasteiger partial charge on any atom is 0.145 e. The van der Waals surface area contributed by atoms with E-state index in [0.29, 0.717) is 0 Å². The number of nitrogens with zero attached hydrogens (tertiary/aromatic N) is 1. The van der Waals surface area contributed by atoms with Crippen molar-refractivity contribution in [2.45, 2.75) is 0 Å². The van der Waals surface area contributed by atoms with E-state index in [1.54, 1.807) is 0 Å². The fraction of sp³-hybridized carbons (Fsp3) is 0. The van der Waals surface area contributed by atoms with Gasteiger partial charge in [-0.15, -0.1) is 0 Å². The lowest BCUT2D eigenvalue weighted by molar-refractivity contribution is 0.673. The molecule has 2 heteroatoms. The molecule has 0 radical (unpaired) electrons. The minimum Gasteiger partial charge on any atom is -0.455 e. The molecule has 8 aromatic rings. The summed E-state index contributed by atoms with van der Waals surface area (Å²) in [6, 6.07) is 43.2. The Morgan fingerprint density at radius 1 is 0.528 bits per heavy atom.